The minimum absolute atomic E-state index is 0.0738. The number of halogens is 4. The van der Waals surface area contributed by atoms with Crippen LogP contribution in [0.2, 0.25) is 5.02 Å². The number of rotatable bonds is 4. The van der Waals surface area contributed by atoms with Crippen molar-refractivity contribution in [2.45, 2.75) is 43.2 Å². The molecule has 0 atom stereocenters. The summed E-state index contributed by atoms with van der Waals surface area (Å²) in [6.07, 6.45) is -0.422. The van der Waals surface area contributed by atoms with Gasteiger partial charge in [0, 0.05) is 25.2 Å². The summed E-state index contributed by atoms with van der Waals surface area (Å²) in [6, 6.07) is 5.76. The Labute approximate surface area is 188 Å². The third-order valence-electron chi connectivity index (χ3n) is 5.93. The van der Waals surface area contributed by atoms with Gasteiger partial charge in [-0.05, 0) is 61.4 Å². The molecule has 0 saturated carbocycles. The zero-order valence-corrected chi connectivity index (χ0v) is 18.5. The molecule has 1 aromatic heterocycles. The molecular weight excluding hydrogens is 467 g/mol. The average molecular weight is 488 g/mol. The molecule has 0 radical (unpaired) electrons. The third kappa shape index (κ3) is 4.71. The minimum Gasteiger partial charge on any atom is -0.355 e. The van der Waals surface area contributed by atoms with Gasteiger partial charge < -0.3 is 4.90 Å². The van der Waals surface area contributed by atoms with Gasteiger partial charge >= 0.3 is 6.18 Å². The number of nitrogens with one attached hydrogen (secondary N) is 1. The molecule has 4 rings (SSSR count). The van der Waals surface area contributed by atoms with Crippen LogP contribution in [0.4, 0.5) is 19.0 Å². The number of hydrogen-bond acceptors (Lipinski definition) is 5. The van der Waals surface area contributed by atoms with Gasteiger partial charge in [0.05, 0.1) is 15.5 Å². The lowest BCUT2D eigenvalue weighted by Gasteiger charge is -2.32. The molecule has 1 fully saturated rings. The van der Waals surface area contributed by atoms with Gasteiger partial charge in [0.25, 0.3) is 10.0 Å². The van der Waals surface area contributed by atoms with E-state index in [-0.39, 0.29) is 15.7 Å². The molecule has 1 amide bonds. The maximum Gasteiger partial charge on any atom is 0.417 e. The van der Waals surface area contributed by atoms with E-state index >= 15 is 0 Å². The number of anilines is 1. The van der Waals surface area contributed by atoms with Gasteiger partial charge in [-0.25, -0.2) is 18.1 Å². The fourth-order valence-corrected chi connectivity index (χ4v) is 5.54. The fraction of sp³-hybridized carbons (Fsp3) is 0.429. The number of benzene rings is 1. The quantitative estimate of drug-likeness (QED) is 0.706. The lowest BCUT2D eigenvalue weighted by molar-refractivity contribution is -0.137. The van der Waals surface area contributed by atoms with Crippen molar-refractivity contribution in [3.63, 3.8) is 0 Å². The molecule has 32 heavy (non-hydrogen) atoms. The molecule has 6 nitrogen and oxygen atoms in total. The van der Waals surface area contributed by atoms with Crippen LogP contribution in [0.1, 0.15) is 36.0 Å². The first kappa shape index (κ1) is 22.8. The number of hydrogen-bond donors (Lipinski definition) is 1. The number of aryl methyl sites for hydroxylation is 2. The monoisotopic (exact) mass is 487 g/mol. The zero-order valence-electron chi connectivity index (χ0n) is 17.0. The van der Waals surface area contributed by atoms with E-state index in [0.717, 1.165) is 42.7 Å². The van der Waals surface area contributed by atoms with Crippen molar-refractivity contribution < 1.29 is 26.4 Å². The van der Waals surface area contributed by atoms with Gasteiger partial charge in [0.2, 0.25) is 5.91 Å². The summed E-state index contributed by atoms with van der Waals surface area (Å²) in [5.74, 6) is -0.912. The first-order valence-electron chi connectivity index (χ1n) is 10.2. The molecule has 1 aliphatic carbocycles. The minimum atomic E-state index is -4.54. The summed E-state index contributed by atoms with van der Waals surface area (Å²) in [6.45, 7) is 0.629. The highest BCUT2D eigenvalue weighted by Crippen LogP contribution is 2.34. The molecule has 2 aromatic rings. The first-order chi connectivity index (χ1) is 15.0. The van der Waals surface area contributed by atoms with Crippen LogP contribution in [0.15, 0.2) is 35.4 Å². The van der Waals surface area contributed by atoms with Gasteiger partial charge in [-0.1, -0.05) is 17.7 Å². The highest BCUT2D eigenvalue weighted by atomic mass is 35.5. The summed E-state index contributed by atoms with van der Waals surface area (Å²) in [4.78, 5) is 18.2. The van der Waals surface area contributed by atoms with Gasteiger partial charge in [-0.15, -0.1) is 0 Å². The molecular formula is C21H21ClF3N3O3S. The van der Waals surface area contributed by atoms with Crippen molar-refractivity contribution in [2.75, 3.05) is 18.0 Å². The normalized spacial score (nSPS) is 17.3. The second-order valence-electron chi connectivity index (χ2n) is 8.04. The molecule has 0 bridgehead atoms. The van der Waals surface area contributed by atoms with E-state index in [0.29, 0.717) is 25.9 Å². The van der Waals surface area contributed by atoms with E-state index < -0.39 is 33.6 Å². The lowest BCUT2D eigenvalue weighted by atomic mass is 9.96. The highest BCUT2D eigenvalue weighted by Gasteiger charge is 2.33. The fourth-order valence-electron chi connectivity index (χ4n) is 4.16. The summed E-state index contributed by atoms with van der Waals surface area (Å²) in [5, 5.41) is -0.123. The van der Waals surface area contributed by atoms with Crippen LogP contribution in [-0.4, -0.2) is 32.4 Å². The van der Waals surface area contributed by atoms with Gasteiger partial charge in [-0.3, -0.25) is 4.79 Å². The number of nitrogens with zero attached hydrogens (tertiary/aromatic N) is 2. The van der Waals surface area contributed by atoms with E-state index in [9.17, 15) is 26.4 Å². The lowest BCUT2D eigenvalue weighted by Crippen LogP contribution is -2.42. The number of sulfonamides is 1. The molecule has 11 heteroatoms. The molecule has 172 valence electrons. The topological polar surface area (TPSA) is 79.4 Å². The number of carbonyl (C=O) groups excluding carboxylic acids is 1. The first-order valence-corrected chi connectivity index (χ1v) is 12.1. The van der Waals surface area contributed by atoms with E-state index in [1.165, 1.54) is 6.07 Å². The van der Waals surface area contributed by atoms with Crippen molar-refractivity contribution in [3.05, 3.63) is 52.2 Å². The largest absolute Gasteiger partial charge is 0.417 e. The van der Waals surface area contributed by atoms with Crippen LogP contribution in [0.3, 0.4) is 0 Å². The molecule has 2 heterocycles. The standard InChI is InChI=1S/C21H21ClF3N3O3S/c22-18-11-16(21(23,24)25)12-26-19(18)28-8-6-14(7-9-28)20(29)27-32(30,31)17-5-4-13-2-1-3-15(13)10-17/h4-5,10-12,14H,1-3,6-9H2,(H,27,29). The van der Waals surface area contributed by atoms with E-state index in [2.05, 4.69) is 9.71 Å². The maximum absolute atomic E-state index is 12.8. The maximum atomic E-state index is 12.8. The predicted octanol–water partition coefficient (Wildman–Crippen LogP) is 3.96. The Morgan fingerprint density at radius 2 is 1.81 bits per heavy atom. The summed E-state index contributed by atoms with van der Waals surface area (Å²) < 4.78 is 65.9. The molecule has 1 saturated heterocycles. The Kier molecular flexibility index (Phi) is 6.10. The molecule has 1 aromatic carbocycles. The Balaban J connectivity index is 1.38. The van der Waals surface area contributed by atoms with Crippen molar-refractivity contribution in [2.24, 2.45) is 5.92 Å². The number of aromatic nitrogens is 1. The van der Waals surface area contributed by atoms with Crippen LogP contribution < -0.4 is 9.62 Å². The molecule has 1 aliphatic heterocycles. The van der Waals surface area contributed by atoms with E-state index in [4.69, 9.17) is 11.6 Å². The molecule has 0 spiro atoms. The Morgan fingerprint density at radius 3 is 2.47 bits per heavy atom. The number of alkyl halides is 3. The summed E-state index contributed by atoms with van der Waals surface area (Å²) in [5.41, 5.74) is 1.20. The molecule has 2 aliphatic rings. The summed E-state index contributed by atoms with van der Waals surface area (Å²) >= 11 is 6.00. The van der Waals surface area contributed by atoms with Crippen LogP contribution in [0.5, 0.6) is 0 Å². The third-order valence-corrected chi connectivity index (χ3v) is 7.55. The number of piperidine rings is 1. The van der Waals surface area contributed by atoms with Crippen molar-refractivity contribution >= 4 is 33.3 Å². The number of pyridine rings is 1. The highest BCUT2D eigenvalue weighted by molar-refractivity contribution is 7.90. The Hall–Kier alpha value is -2.33. The van der Waals surface area contributed by atoms with Crippen molar-refractivity contribution in [3.8, 4) is 0 Å². The SMILES string of the molecule is O=C(NS(=O)(=O)c1ccc2c(c1)CCC2)C1CCN(c2ncc(C(F)(F)F)cc2Cl)CC1. The summed E-state index contributed by atoms with van der Waals surface area (Å²) in [7, 11) is -3.97. The number of fused-ring (bicyclic) bond motifs is 1. The van der Waals surface area contributed by atoms with Crippen LogP contribution >= 0.6 is 11.6 Å². The predicted molar refractivity (Wildman–Crippen MR) is 113 cm³/mol. The van der Waals surface area contributed by atoms with Crippen LogP contribution in [0, 0.1) is 5.92 Å². The zero-order chi connectivity index (χ0) is 23.1. The van der Waals surface area contributed by atoms with Crippen LogP contribution in [-0.2, 0) is 33.8 Å². The average Bonchev–Trinajstić information content (AvgIpc) is 3.21. The van der Waals surface area contributed by atoms with E-state index in [1.807, 2.05) is 0 Å². The van der Waals surface area contributed by atoms with Crippen molar-refractivity contribution in [1.29, 1.82) is 0 Å². The van der Waals surface area contributed by atoms with E-state index in [1.54, 1.807) is 17.0 Å². The second-order valence-corrected chi connectivity index (χ2v) is 10.1. The molecule has 0 unspecified atom stereocenters. The van der Waals surface area contributed by atoms with Gasteiger partial charge in [-0.2, -0.15) is 13.2 Å². The van der Waals surface area contributed by atoms with Crippen LogP contribution in [0.25, 0.3) is 0 Å². The van der Waals surface area contributed by atoms with Gasteiger partial charge in [0.15, 0.2) is 0 Å². The Morgan fingerprint density at radius 1 is 1.12 bits per heavy atom. The second kappa shape index (κ2) is 8.55. The van der Waals surface area contributed by atoms with Gasteiger partial charge in [0.1, 0.15) is 5.82 Å². The van der Waals surface area contributed by atoms with Crippen molar-refractivity contribution in [1.82, 2.24) is 9.71 Å². The molecule has 1 N–H and O–H groups in total. The number of carbonyl (C=O) groups is 1. The smallest absolute Gasteiger partial charge is 0.355 e. The number of amides is 1. The Bertz CT molecular complexity index is 1150.